The molecule has 14 nitrogen and oxygen atoms in total. The standard InChI is InChI=1S/C38H44N2O12.Na/c1-19(2)25-11-27(21(5)29(36(25)49)13-39(15-31(41)42)16-32(43)44)35(23-9-7-8-10-24(23)38(51)52)28-12-26(20(3)4)37(50)30(22(28)6)14-40(17-33(45)46)18-34(47)48;/h7-12,19-20,49H,13-18H2,1-6H3,(H,41,42)(H,43,44)(H,45,46)(H,47,48)(H,51,52);/q;+1/p-1/b35-28+;. The first kappa shape index (κ1) is 44.6. The molecule has 0 saturated carbocycles. The largest absolute Gasteiger partial charge is 1.00 e. The van der Waals surface area contributed by atoms with E-state index in [0.717, 1.165) is 9.80 Å². The van der Waals surface area contributed by atoms with Gasteiger partial charge in [0.15, 0.2) is 5.78 Å². The minimum absolute atomic E-state index is 0. The number of carbonyl (C=O) groups is 6. The van der Waals surface area contributed by atoms with Crippen LogP contribution in [0.4, 0.5) is 0 Å². The molecule has 2 aromatic carbocycles. The first-order valence-electron chi connectivity index (χ1n) is 16.4. The molecule has 278 valence electrons. The summed E-state index contributed by atoms with van der Waals surface area (Å²) in [4.78, 5) is 75.6. The number of phenolic OH excluding ortho intramolecular Hbond substituents is 1. The molecule has 3 rings (SSSR count). The van der Waals surface area contributed by atoms with Crippen LogP contribution in [0.1, 0.15) is 78.7 Å². The Hall–Kier alpha value is -4.60. The number of aromatic hydroxyl groups is 1. The Balaban J connectivity index is 0.00000972. The molecule has 15 heteroatoms. The molecule has 53 heavy (non-hydrogen) atoms. The Morgan fingerprint density at radius 2 is 1.21 bits per heavy atom. The molecule has 0 aliphatic heterocycles. The Bertz CT molecular complexity index is 1880. The van der Waals surface area contributed by atoms with Crippen LogP contribution in [0.15, 0.2) is 58.7 Å². The van der Waals surface area contributed by atoms with Crippen LogP contribution >= 0.6 is 0 Å². The number of hydrogen-bond acceptors (Lipinski definition) is 10. The SMILES string of the molecule is CC1=C(CN(CC(=O)O)CC(=O)O)C(=O)C(C(C)C)=C/C1=C(/c1ccccc1C(=O)[O-])c1cc(C(C)C)c(O)c(CN(CC(=O)O)CC(=O)O)c1C.[Na+]. The van der Waals surface area contributed by atoms with Crippen molar-refractivity contribution in [1.82, 2.24) is 9.80 Å². The Labute approximate surface area is 329 Å². The average Bonchev–Trinajstić information content (AvgIpc) is 3.01. The maximum atomic E-state index is 14.0. The zero-order valence-electron chi connectivity index (χ0n) is 30.8. The third kappa shape index (κ3) is 11.0. The molecule has 0 bridgehead atoms. The molecule has 0 atom stereocenters. The molecule has 0 amide bonds. The Morgan fingerprint density at radius 1 is 0.736 bits per heavy atom. The maximum Gasteiger partial charge on any atom is 1.00 e. The molecule has 0 unspecified atom stereocenters. The van der Waals surface area contributed by atoms with E-state index in [2.05, 4.69) is 0 Å². The number of hydrogen-bond donors (Lipinski definition) is 5. The van der Waals surface area contributed by atoms with Crippen molar-refractivity contribution in [2.45, 2.75) is 54.0 Å². The average molecular weight is 743 g/mol. The summed E-state index contributed by atoms with van der Waals surface area (Å²) in [6, 6.07) is 7.66. The fraction of sp³-hybridized carbons (Fsp3) is 0.368. The molecule has 2 aromatic rings. The summed E-state index contributed by atoms with van der Waals surface area (Å²) >= 11 is 0. The van der Waals surface area contributed by atoms with Gasteiger partial charge in [-0.3, -0.25) is 33.8 Å². The fourth-order valence-corrected chi connectivity index (χ4v) is 6.32. The van der Waals surface area contributed by atoms with E-state index in [4.69, 9.17) is 0 Å². The quantitative estimate of drug-likeness (QED) is 0.134. The molecule has 0 aromatic heterocycles. The number of aromatic carboxylic acids is 1. The number of carbonyl (C=O) groups excluding carboxylic acids is 2. The van der Waals surface area contributed by atoms with E-state index in [1.807, 2.05) is 0 Å². The summed E-state index contributed by atoms with van der Waals surface area (Å²) in [6.45, 7) is 6.99. The van der Waals surface area contributed by atoms with Crippen molar-refractivity contribution in [1.29, 1.82) is 0 Å². The number of carboxylic acids is 5. The van der Waals surface area contributed by atoms with Gasteiger partial charge in [0.1, 0.15) is 5.75 Å². The van der Waals surface area contributed by atoms with Crippen LogP contribution in [0.3, 0.4) is 0 Å². The van der Waals surface area contributed by atoms with Crippen molar-refractivity contribution in [2.24, 2.45) is 5.92 Å². The van der Waals surface area contributed by atoms with Crippen molar-refractivity contribution in [3.63, 3.8) is 0 Å². The third-order valence-corrected chi connectivity index (χ3v) is 8.81. The molecule has 1 aliphatic carbocycles. The fourth-order valence-electron chi connectivity index (χ4n) is 6.32. The van der Waals surface area contributed by atoms with Gasteiger partial charge >= 0.3 is 53.4 Å². The zero-order chi connectivity index (χ0) is 39.2. The summed E-state index contributed by atoms with van der Waals surface area (Å²) in [5.74, 6) is -8.09. The van der Waals surface area contributed by atoms with Crippen molar-refractivity contribution < 1.29 is 89.0 Å². The minimum Gasteiger partial charge on any atom is -0.545 e. The summed E-state index contributed by atoms with van der Waals surface area (Å²) in [6.07, 6.45) is 1.62. The summed E-state index contributed by atoms with van der Waals surface area (Å²) < 4.78 is 0. The van der Waals surface area contributed by atoms with Gasteiger partial charge in [-0.15, -0.1) is 0 Å². The van der Waals surface area contributed by atoms with E-state index < -0.39 is 61.8 Å². The predicted octanol–water partition coefficient (Wildman–Crippen LogP) is -0.0826. The second-order valence-electron chi connectivity index (χ2n) is 13.3. The first-order valence-corrected chi connectivity index (χ1v) is 16.4. The molecule has 0 heterocycles. The van der Waals surface area contributed by atoms with Crippen LogP contribution in [0.25, 0.3) is 5.57 Å². The van der Waals surface area contributed by atoms with E-state index in [0.29, 0.717) is 33.4 Å². The molecule has 0 spiro atoms. The van der Waals surface area contributed by atoms with Crippen molar-refractivity contribution in [3.8, 4) is 5.75 Å². The molecular formula is C38H43N2NaO12. The van der Waals surface area contributed by atoms with Crippen LogP contribution in [0, 0.1) is 12.8 Å². The van der Waals surface area contributed by atoms with Crippen molar-refractivity contribution >= 4 is 41.2 Å². The number of rotatable bonds is 17. The van der Waals surface area contributed by atoms with Gasteiger partial charge < -0.3 is 35.4 Å². The normalized spacial score (nSPS) is 14.1. The van der Waals surface area contributed by atoms with Crippen LogP contribution < -0.4 is 34.7 Å². The number of phenols is 1. The van der Waals surface area contributed by atoms with E-state index in [9.17, 15) is 59.4 Å². The Morgan fingerprint density at radius 3 is 1.64 bits per heavy atom. The second kappa shape index (κ2) is 18.9. The molecular weight excluding hydrogens is 699 g/mol. The number of allylic oxidation sites excluding steroid dienone is 4. The van der Waals surface area contributed by atoms with E-state index >= 15 is 0 Å². The van der Waals surface area contributed by atoms with Crippen LogP contribution in [0.2, 0.25) is 0 Å². The van der Waals surface area contributed by atoms with Gasteiger partial charge in [0.2, 0.25) is 0 Å². The van der Waals surface area contributed by atoms with Gasteiger partial charge in [0.25, 0.3) is 0 Å². The molecule has 5 N–H and O–H groups in total. The number of nitrogens with zero attached hydrogens (tertiary/aromatic N) is 2. The summed E-state index contributed by atoms with van der Waals surface area (Å²) in [5.41, 5.74) is 2.64. The second-order valence-corrected chi connectivity index (χ2v) is 13.3. The first-order chi connectivity index (χ1) is 24.2. The van der Waals surface area contributed by atoms with E-state index in [1.54, 1.807) is 65.8 Å². The van der Waals surface area contributed by atoms with Crippen molar-refractivity contribution in [3.05, 3.63) is 92.1 Å². The number of Topliss-reactive ketones (excluding diaryl/α,β-unsaturated/α-hetero) is 1. The number of ketones is 1. The molecule has 0 fully saturated rings. The van der Waals surface area contributed by atoms with E-state index in [-0.39, 0.29) is 88.1 Å². The molecule has 1 aliphatic rings. The van der Waals surface area contributed by atoms with Gasteiger partial charge in [-0.25, -0.2) is 0 Å². The van der Waals surface area contributed by atoms with Crippen LogP contribution in [-0.2, 0) is 30.5 Å². The number of benzene rings is 2. The Kier molecular flexibility index (Phi) is 15.9. The zero-order valence-corrected chi connectivity index (χ0v) is 32.8. The topological polar surface area (TPSA) is 233 Å². The number of aliphatic carboxylic acids is 4. The van der Waals surface area contributed by atoms with Gasteiger partial charge in [0.05, 0.1) is 32.1 Å². The van der Waals surface area contributed by atoms with Gasteiger partial charge in [-0.2, -0.15) is 0 Å². The predicted molar refractivity (Wildman–Crippen MR) is 187 cm³/mol. The van der Waals surface area contributed by atoms with E-state index in [1.165, 1.54) is 12.1 Å². The smallest absolute Gasteiger partial charge is 0.545 e. The minimum atomic E-state index is -1.51. The van der Waals surface area contributed by atoms with Crippen molar-refractivity contribution in [2.75, 3.05) is 32.7 Å². The monoisotopic (exact) mass is 742 g/mol. The molecule has 0 saturated heterocycles. The van der Waals surface area contributed by atoms with Gasteiger partial charge in [-0.1, -0.05) is 52.0 Å². The van der Waals surface area contributed by atoms with Crippen LogP contribution in [-0.4, -0.2) is 104 Å². The summed E-state index contributed by atoms with van der Waals surface area (Å²) in [5, 5.41) is 62.3. The van der Waals surface area contributed by atoms with Gasteiger partial charge in [-0.05, 0) is 76.8 Å². The molecule has 0 radical (unpaired) electrons. The number of carboxylic acid groups (broad SMARTS) is 5. The maximum absolute atomic E-state index is 14.0. The van der Waals surface area contributed by atoms with Crippen LogP contribution in [0.5, 0.6) is 5.75 Å². The third-order valence-electron chi connectivity index (χ3n) is 8.81. The van der Waals surface area contributed by atoms with Gasteiger partial charge in [0, 0.05) is 35.4 Å². The summed E-state index contributed by atoms with van der Waals surface area (Å²) in [7, 11) is 0.